The molecule has 0 bridgehead atoms. The van der Waals surface area contributed by atoms with Gasteiger partial charge in [0.25, 0.3) is 5.69 Å². The molecule has 0 radical (unpaired) electrons. The van der Waals surface area contributed by atoms with Gasteiger partial charge < -0.3 is 14.8 Å². The van der Waals surface area contributed by atoms with Crippen LogP contribution in [0.15, 0.2) is 12.1 Å². The van der Waals surface area contributed by atoms with Crippen LogP contribution in [0.5, 0.6) is 11.5 Å². The SMILES string of the molecule is CCOc1cc(NC(=O)CCc2c(C)nn(CC(C)C)c2C)c([N+](=O)[O-])cc1OCC. The summed E-state index contributed by atoms with van der Waals surface area (Å²) in [5, 5.41) is 18.8. The van der Waals surface area contributed by atoms with Crippen molar-refractivity contribution in [3.8, 4) is 11.5 Å². The number of amides is 1. The van der Waals surface area contributed by atoms with Gasteiger partial charge >= 0.3 is 0 Å². The second-order valence-electron chi connectivity index (χ2n) is 7.71. The smallest absolute Gasteiger partial charge is 0.296 e. The maximum Gasteiger partial charge on any atom is 0.296 e. The topological polar surface area (TPSA) is 109 Å². The molecule has 9 nitrogen and oxygen atoms in total. The number of benzene rings is 1. The number of rotatable bonds is 11. The third-order valence-corrected chi connectivity index (χ3v) is 4.80. The van der Waals surface area contributed by atoms with Gasteiger partial charge in [-0.2, -0.15) is 5.10 Å². The average molecular weight is 433 g/mol. The highest BCUT2D eigenvalue weighted by atomic mass is 16.6. The van der Waals surface area contributed by atoms with Crippen molar-refractivity contribution in [1.29, 1.82) is 0 Å². The number of carbonyl (C=O) groups excluding carboxylic acids is 1. The molecule has 2 aromatic rings. The summed E-state index contributed by atoms with van der Waals surface area (Å²) < 4.78 is 13.0. The predicted octanol–water partition coefficient (Wildman–Crippen LogP) is 4.43. The number of nitrogens with zero attached hydrogens (tertiary/aromatic N) is 3. The molecule has 0 spiro atoms. The molecule has 0 aliphatic carbocycles. The van der Waals surface area contributed by atoms with E-state index in [-0.39, 0.29) is 29.5 Å². The molecule has 0 aliphatic heterocycles. The number of nitro groups is 1. The molecule has 1 amide bonds. The number of hydrogen-bond acceptors (Lipinski definition) is 6. The summed E-state index contributed by atoms with van der Waals surface area (Å²) >= 11 is 0. The van der Waals surface area contributed by atoms with E-state index in [1.54, 1.807) is 13.8 Å². The van der Waals surface area contributed by atoms with Crippen LogP contribution in [-0.4, -0.2) is 33.8 Å². The summed E-state index contributed by atoms with van der Waals surface area (Å²) in [4.78, 5) is 23.6. The number of nitro benzene ring substituents is 1. The second kappa shape index (κ2) is 10.8. The van der Waals surface area contributed by atoms with Gasteiger partial charge in [0.05, 0.1) is 29.9 Å². The molecule has 1 aromatic heterocycles. The van der Waals surface area contributed by atoms with Gasteiger partial charge in [-0.1, -0.05) is 13.8 Å². The molecule has 0 saturated carbocycles. The molecule has 0 aliphatic rings. The molecule has 2 rings (SSSR count). The van der Waals surface area contributed by atoms with Gasteiger partial charge in [0, 0.05) is 24.7 Å². The first-order valence-corrected chi connectivity index (χ1v) is 10.6. The Labute approximate surface area is 182 Å². The summed E-state index contributed by atoms with van der Waals surface area (Å²) in [6.07, 6.45) is 0.689. The van der Waals surface area contributed by atoms with Gasteiger partial charge in [-0.15, -0.1) is 0 Å². The lowest BCUT2D eigenvalue weighted by molar-refractivity contribution is -0.384. The maximum atomic E-state index is 12.6. The molecule has 0 fully saturated rings. The Bertz CT molecular complexity index is 936. The Morgan fingerprint density at radius 1 is 1.19 bits per heavy atom. The Balaban J connectivity index is 2.19. The molecule has 1 aromatic carbocycles. The van der Waals surface area contributed by atoms with Gasteiger partial charge in [0.15, 0.2) is 11.5 Å². The third kappa shape index (κ3) is 6.19. The van der Waals surface area contributed by atoms with Crippen LogP contribution < -0.4 is 14.8 Å². The fourth-order valence-corrected chi connectivity index (χ4v) is 3.41. The Hall–Kier alpha value is -3.10. The van der Waals surface area contributed by atoms with Crippen molar-refractivity contribution in [1.82, 2.24) is 9.78 Å². The van der Waals surface area contributed by atoms with Crippen molar-refractivity contribution < 1.29 is 19.2 Å². The minimum absolute atomic E-state index is 0.0887. The van der Waals surface area contributed by atoms with E-state index < -0.39 is 4.92 Å². The number of hydrogen-bond donors (Lipinski definition) is 1. The molecule has 170 valence electrons. The molecule has 31 heavy (non-hydrogen) atoms. The highest BCUT2D eigenvalue weighted by molar-refractivity contribution is 5.94. The summed E-state index contributed by atoms with van der Waals surface area (Å²) in [6, 6.07) is 2.73. The first kappa shape index (κ1) is 24.2. The van der Waals surface area contributed by atoms with E-state index in [1.807, 2.05) is 18.5 Å². The maximum absolute atomic E-state index is 12.6. The number of nitrogens with one attached hydrogen (secondary N) is 1. The van der Waals surface area contributed by atoms with E-state index in [0.717, 1.165) is 23.5 Å². The molecule has 9 heteroatoms. The van der Waals surface area contributed by atoms with Crippen LogP contribution in [0.25, 0.3) is 0 Å². The monoisotopic (exact) mass is 432 g/mol. The fourth-order valence-electron chi connectivity index (χ4n) is 3.41. The van der Waals surface area contributed by atoms with Crippen molar-refractivity contribution in [2.75, 3.05) is 18.5 Å². The Morgan fingerprint density at radius 3 is 2.35 bits per heavy atom. The standard InChI is InChI=1S/C22H32N4O5/c1-7-30-20-11-18(19(26(28)29)12-21(20)31-8-2)23-22(27)10-9-17-15(5)24-25(16(17)6)13-14(3)4/h11-12,14H,7-10,13H2,1-6H3,(H,23,27). The van der Waals surface area contributed by atoms with Crippen LogP contribution in [0.1, 0.15) is 51.1 Å². The average Bonchev–Trinajstić information content (AvgIpc) is 2.94. The van der Waals surface area contributed by atoms with Gasteiger partial charge in [0.2, 0.25) is 5.91 Å². The first-order chi connectivity index (χ1) is 14.7. The predicted molar refractivity (Wildman–Crippen MR) is 119 cm³/mol. The summed E-state index contributed by atoms with van der Waals surface area (Å²) in [5.41, 5.74) is 2.83. The Kier molecular flexibility index (Phi) is 8.41. The minimum atomic E-state index is -0.544. The van der Waals surface area contributed by atoms with E-state index in [4.69, 9.17) is 9.47 Å². The largest absolute Gasteiger partial charge is 0.490 e. The minimum Gasteiger partial charge on any atom is -0.490 e. The zero-order chi connectivity index (χ0) is 23.1. The molecule has 0 atom stereocenters. The highest BCUT2D eigenvalue weighted by Gasteiger charge is 2.22. The quantitative estimate of drug-likeness (QED) is 0.415. The molecule has 0 saturated heterocycles. The third-order valence-electron chi connectivity index (χ3n) is 4.80. The van der Waals surface area contributed by atoms with E-state index in [2.05, 4.69) is 24.3 Å². The van der Waals surface area contributed by atoms with E-state index in [0.29, 0.717) is 31.3 Å². The molecule has 1 heterocycles. The number of aromatic nitrogens is 2. The molecular formula is C22H32N4O5. The summed E-state index contributed by atoms with van der Waals surface area (Å²) in [6.45, 7) is 13.3. The van der Waals surface area contributed by atoms with Crippen LogP contribution in [0, 0.1) is 29.9 Å². The zero-order valence-electron chi connectivity index (χ0n) is 19.2. The van der Waals surface area contributed by atoms with Gasteiger partial charge in [-0.3, -0.25) is 19.6 Å². The van der Waals surface area contributed by atoms with E-state index >= 15 is 0 Å². The van der Waals surface area contributed by atoms with Crippen LogP contribution in [0.2, 0.25) is 0 Å². The van der Waals surface area contributed by atoms with E-state index in [1.165, 1.54) is 12.1 Å². The van der Waals surface area contributed by atoms with Crippen LogP contribution in [0.4, 0.5) is 11.4 Å². The van der Waals surface area contributed by atoms with Crippen molar-refractivity contribution in [2.24, 2.45) is 5.92 Å². The van der Waals surface area contributed by atoms with Crippen molar-refractivity contribution >= 4 is 17.3 Å². The van der Waals surface area contributed by atoms with Gasteiger partial charge in [0.1, 0.15) is 5.69 Å². The number of aryl methyl sites for hydroxylation is 1. The fraction of sp³-hybridized carbons (Fsp3) is 0.545. The molecule has 1 N–H and O–H groups in total. The van der Waals surface area contributed by atoms with Crippen LogP contribution in [0.3, 0.4) is 0 Å². The van der Waals surface area contributed by atoms with E-state index in [9.17, 15) is 14.9 Å². The van der Waals surface area contributed by atoms with Crippen LogP contribution in [-0.2, 0) is 17.8 Å². The lowest BCUT2D eigenvalue weighted by Gasteiger charge is -2.13. The summed E-state index contributed by atoms with van der Waals surface area (Å²) in [5.74, 6) is 0.781. The normalized spacial score (nSPS) is 10.9. The van der Waals surface area contributed by atoms with Crippen molar-refractivity contribution in [2.45, 2.75) is 60.9 Å². The highest BCUT2D eigenvalue weighted by Crippen LogP contribution is 2.38. The lowest BCUT2D eigenvalue weighted by atomic mass is 10.1. The summed E-state index contributed by atoms with van der Waals surface area (Å²) in [7, 11) is 0. The molecular weight excluding hydrogens is 400 g/mol. The van der Waals surface area contributed by atoms with Gasteiger partial charge in [-0.05, 0) is 45.6 Å². The first-order valence-electron chi connectivity index (χ1n) is 10.6. The number of carbonyl (C=O) groups is 1. The van der Waals surface area contributed by atoms with Crippen molar-refractivity contribution in [3.63, 3.8) is 0 Å². The number of anilines is 1. The Morgan fingerprint density at radius 2 is 1.81 bits per heavy atom. The van der Waals surface area contributed by atoms with Crippen molar-refractivity contribution in [3.05, 3.63) is 39.2 Å². The zero-order valence-corrected chi connectivity index (χ0v) is 19.2. The lowest BCUT2D eigenvalue weighted by Crippen LogP contribution is -2.14. The van der Waals surface area contributed by atoms with Gasteiger partial charge in [-0.25, -0.2) is 0 Å². The molecule has 0 unspecified atom stereocenters. The number of ether oxygens (including phenoxy) is 2. The second-order valence-corrected chi connectivity index (χ2v) is 7.71. The van der Waals surface area contributed by atoms with Crippen LogP contribution >= 0.6 is 0 Å².